The van der Waals surface area contributed by atoms with Crippen LogP contribution in [0.2, 0.25) is 0 Å². The van der Waals surface area contributed by atoms with Gasteiger partial charge in [-0.25, -0.2) is 9.87 Å². The first kappa shape index (κ1) is 18.4. The van der Waals surface area contributed by atoms with Crippen LogP contribution in [0.15, 0.2) is 65.6 Å². The van der Waals surface area contributed by atoms with E-state index in [0.29, 0.717) is 16.7 Å². The van der Waals surface area contributed by atoms with E-state index in [1.165, 1.54) is 28.7 Å². The average molecular weight is 425 g/mol. The van der Waals surface area contributed by atoms with Gasteiger partial charge in [-0.15, -0.1) is 23.1 Å². The number of carbonyl (C=O) groups is 1. The van der Waals surface area contributed by atoms with Gasteiger partial charge in [0.15, 0.2) is 0 Å². The fourth-order valence-corrected chi connectivity index (χ4v) is 6.20. The number of thioether (sulfide) groups is 1. The zero-order valence-electron chi connectivity index (χ0n) is 15.3. The highest BCUT2D eigenvalue weighted by Gasteiger charge is 2.30. The molecule has 7 heteroatoms. The zero-order chi connectivity index (χ0) is 20.0. The molecule has 2 aromatic heterocycles. The van der Waals surface area contributed by atoms with Crippen molar-refractivity contribution in [2.24, 2.45) is 0 Å². The fraction of sp³-hybridized carbons (Fsp3) is 0.136. The van der Waals surface area contributed by atoms with Crippen molar-refractivity contribution in [2.45, 2.75) is 23.1 Å². The number of nitrogens with one attached hydrogen (secondary N) is 1. The minimum Gasteiger partial charge on any atom is -0.338 e. The Balaban J connectivity index is 1.56. The number of halogens is 1. The van der Waals surface area contributed by atoms with Crippen molar-refractivity contribution in [3.63, 3.8) is 0 Å². The van der Waals surface area contributed by atoms with Gasteiger partial charge in [0.2, 0.25) is 0 Å². The Morgan fingerprint density at radius 3 is 2.79 bits per heavy atom. The van der Waals surface area contributed by atoms with Crippen molar-refractivity contribution < 1.29 is 14.4 Å². The lowest BCUT2D eigenvalue weighted by Crippen LogP contribution is -2.16. The number of benzene rings is 2. The Morgan fingerprint density at radius 1 is 1.17 bits per heavy atom. The number of thiophene rings is 1. The highest BCUT2D eigenvalue weighted by atomic mass is 32.2. The molecule has 1 aliphatic heterocycles. The Morgan fingerprint density at radius 2 is 2.00 bits per heavy atom. The number of aromatic nitrogens is 1. The van der Waals surface area contributed by atoms with Crippen LogP contribution in [0.5, 0.6) is 0 Å². The summed E-state index contributed by atoms with van der Waals surface area (Å²) in [5.41, 5.74) is 5.14. The summed E-state index contributed by atoms with van der Waals surface area (Å²) >= 11 is 3.14. The van der Waals surface area contributed by atoms with Gasteiger partial charge in [-0.3, -0.25) is 10.0 Å². The Hall–Kier alpha value is -2.61. The molecule has 1 atom stereocenters. The molecular weight excluding hydrogens is 407 g/mol. The summed E-state index contributed by atoms with van der Waals surface area (Å²) in [6.07, 6.45) is 0.871. The zero-order valence-corrected chi connectivity index (χ0v) is 16.9. The third-order valence-corrected chi connectivity index (χ3v) is 7.68. The second kappa shape index (κ2) is 7.33. The molecule has 1 amide bonds. The summed E-state index contributed by atoms with van der Waals surface area (Å²) < 4.78 is 16.2. The summed E-state index contributed by atoms with van der Waals surface area (Å²) in [6.45, 7) is 0.600. The first-order valence-corrected chi connectivity index (χ1v) is 10.9. The van der Waals surface area contributed by atoms with Crippen LogP contribution in [-0.2, 0) is 13.0 Å². The van der Waals surface area contributed by atoms with Crippen LogP contribution in [-0.4, -0.2) is 15.7 Å². The van der Waals surface area contributed by atoms with Crippen LogP contribution in [0.1, 0.15) is 31.1 Å². The fourth-order valence-electron chi connectivity index (χ4n) is 3.87. The van der Waals surface area contributed by atoms with Gasteiger partial charge in [-0.1, -0.05) is 30.3 Å². The molecule has 146 valence electrons. The minimum absolute atomic E-state index is 0.237. The lowest BCUT2D eigenvalue weighted by molar-refractivity contribution is 0.0711. The van der Waals surface area contributed by atoms with Gasteiger partial charge >= 0.3 is 0 Å². The molecule has 0 aliphatic carbocycles. The van der Waals surface area contributed by atoms with Crippen LogP contribution in [0.25, 0.3) is 10.9 Å². The number of rotatable bonds is 4. The molecule has 1 aliphatic rings. The number of fused-ring (bicyclic) bond motifs is 3. The van der Waals surface area contributed by atoms with E-state index in [-0.39, 0.29) is 5.82 Å². The van der Waals surface area contributed by atoms with Crippen molar-refractivity contribution in [2.75, 3.05) is 0 Å². The minimum atomic E-state index is -0.509. The Labute approximate surface area is 174 Å². The molecule has 4 aromatic rings. The van der Waals surface area contributed by atoms with Gasteiger partial charge in [-0.05, 0) is 35.9 Å². The molecule has 29 heavy (non-hydrogen) atoms. The molecule has 3 heterocycles. The van der Waals surface area contributed by atoms with E-state index in [4.69, 9.17) is 5.21 Å². The summed E-state index contributed by atoms with van der Waals surface area (Å²) in [6, 6.07) is 18.9. The molecule has 0 unspecified atom stereocenters. The van der Waals surface area contributed by atoms with Crippen LogP contribution in [0.3, 0.4) is 0 Å². The first-order valence-electron chi connectivity index (χ1n) is 9.19. The van der Waals surface area contributed by atoms with Crippen LogP contribution >= 0.6 is 23.1 Å². The smallest absolute Gasteiger partial charge is 0.284 e. The van der Waals surface area contributed by atoms with E-state index in [0.717, 1.165) is 27.1 Å². The van der Waals surface area contributed by atoms with E-state index in [2.05, 4.69) is 16.7 Å². The van der Waals surface area contributed by atoms with Gasteiger partial charge in [0, 0.05) is 38.0 Å². The largest absolute Gasteiger partial charge is 0.338 e. The average Bonchev–Trinajstić information content (AvgIpc) is 3.45. The molecule has 2 N–H and O–H groups in total. The highest BCUT2D eigenvalue weighted by molar-refractivity contribution is 8.00. The van der Waals surface area contributed by atoms with Crippen molar-refractivity contribution in [3.05, 3.63) is 87.5 Å². The van der Waals surface area contributed by atoms with E-state index < -0.39 is 5.91 Å². The highest BCUT2D eigenvalue weighted by Crippen LogP contribution is 2.51. The van der Waals surface area contributed by atoms with Gasteiger partial charge in [0.05, 0.1) is 11.4 Å². The number of hydrogen-bond donors (Lipinski definition) is 2. The number of carbonyl (C=O) groups excluding carboxylic acids is 1. The topological polar surface area (TPSA) is 54.3 Å². The Kier molecular flexibility index (Phi) is 4.66. The quantitative estimate of drug-likeness (QED) is 0.341. The molecule has 0 saturated carbocycles. The second-order valence-electron chi connectivity index (χ2n) is 6.95. The number of hydrogen-bond acceptors (Lipinski definition) is 4. The predicted molar refractivity (Wildman–Crippen MR) is 113 cm³/mol. The summed E-state index contributed by atoms with van der Waals surface area (Å²) in [5, 5.41) is 10.1. The van der Waals surface area contributed by atoms with E-state index in [1.807, 2.05) is 30.3 Å². The third kappa shape index (κ3) is 3.25. The van der Waals surface area contributed by atoms with Crippen molar-refractivity contribution >= 4 is 39.9 Å². The number of nitrogens with zero attached hydrogens (tertiary/aromatic N) is 1. The molecule has 5 rings (SSSR count). The van der Waals surface area contributed by atoms with Gasteiger partial charge < -0.3 is 4.57 Å². The van der Waals surface area contributed by atoms with Crippen LogP contribution in [0.4, 0.5) is 4.39 Å². The molecule has 2 aromatic carbocycles. The predicted octanol–water partition coefficient (Wildman–Crippen LogP) is 5.40. The van der Waals surface area contributed by atoms with Crippen LogP contribution in [0, 0.1) is 5.82 Å². The molecule has 0 spiro atoms. The number of amides is 1. The van der Waals surface area contributed by atoms with Crippen molar-refractivity contribution in [1.82, 2.24) is 10.0 Å². The maximum atomic E-state index is 14.0. The third-order valence-electron chi connectivity index (χ3n) is 5.19. The summed E-state index contributed by atoms with van der Waals surface area (Å²) in [5.74, 6) is -0.746. The van der Waals surface area contributed by atoms with Gasteiger partial charge in [0.1, 0.15) is 5.82 Å². The van der Waals surface area contributed by atoms with Crippen LogP contribution < -0.4 is 5.48 Å². The van der Waals surface area contributed by atoms with E-state index in [9.17, 15) is 9.18 Å². The maximum absolute atomic E-state index is 14.0. The van der Waals surface area contributed by atoms with E-state index in [1.54, 1.807) is 29.4 Å². The van der Waals surface area contributed by atoms with Crippen molar-refractivity contribution in [1.29, 1.82) is 0 Å². The lowest BCUT2D eigenvalue weighted by Gasteiger charge is -2.12. The molecule has 0 saturated heterocycles. The summed E-state index contributed by atoms with van der Waals surface area (Å²) in [4.78, 5) is 14.3. The SMILES string of the molecule is O=C(NO)c1ccc(Cn2c3c(c4cc(F)ccc42)S[C@@H](c2ccccc2)C3)s1. The monoisotopic (exact) mass is 424 g/mol. The maximum Gasteiger partial charge on any atom is 0.284 e. The molecule has 4 nitrogen and oxygen atoms in total. The van der Waals surface area contributed by atoms with Gasteiger partial charge in [-0.2, -0.15) is 0 Å². The molecular formula is C22H17FN2O2S2. The Bertz CT molecular complexity index is 1220. The van der Waals surface area contributed by atoms with E-state index >= 15 is 0 Å². The summed E-state index contributed by atoms with van der Waals surface area (Å²) in [7, 11) is 0. The second-order valence-corrected chi connectivity index (χ2v) is 9.33. The number of hydroxylamine groups is 1. The lowest BCUT2D eigenvalue weighted by atomic mass is 10.1. The normalized spacial score (nSPS) is 15.6. The van der Waals surface area contributed by atoms with Gasteiger partial charge in [0.25, 0.3) is 5.91 Å². The van der Waals surface area contributed by atoms with Crippen molar-refractivity contribution in [3.8, 4) is 0 Å². The molecule has 0 fully saturated rings. The molecule has 0 radical (unpaired) electrons. The standard InChI is InChI=1S/C22H17FN2O2S2/c23-14-6-8-17-16(10-14)21-18(11-20(29-21)13-4-2-1-3-5-13)25(17)12-15-7-9-19(28-15)22(26)24-27/h1-10,20,27H,11-12H2,(H,24,26)/t20-/m1/s1. The first-order chi connectivity index (χ1) is 14.1. The molecule has 0 bridgehead atoms.